The summed E-state index contributed by atoms with van der Waals surface area (Å²) in [6.45, 7) is 0.307. The molecule has 2 aromatic carbocycles. The molecule has 0 atom stereocenters. The van der Waals surface area contributed by atoms with E-state index in [1.807, 2.05) is 24.3 Å². The molecule has 118 valence electrons. The lowest BCUT2D eigenvalue weighted by Crippen LogP contribution is -2.05. The molecule has 1 N–H and O–H groups in total. The highest BCUT2D eigenvalue weighted by Gasteiger charge is 2.29. The maximum atomic E-state index is 12.5. The van der Waals surface area contributed by atoms with Gasteiger partial charge < -0.3 is 9.84 Å². The van der Waals surface area contributed by atoms with E-state index >= 15 is 0 Å². The van der Waals surface area contributed by atoms with Gasteiger partial charge in [-0.25, -0.2) is 0 Å². The van der Waals surface area contributed by atoms with E-state index in [9.17, 15) is 13.2 Å². The Morgan fingerprint density at radius 3 is 2.27 bits per heavy atom. The van der Waals surface area contributed by atoms with E-state index in [2.05, 4.69) is 0 Å². The number of aliphatic hydroxyl groups excluding tert-OH is 1. The van der Waals surface area contributed by atoms with Crippen LogP contribution in [0.3, 0.4) is 0 Å². The SMILES string of the molecule is OCCCc1ccccc1OCc1ccc(C(F)(F)F)cc1. The van der Waals surface area contributed by atoms with E-state index in [1.54, 1.807) is 0 Å². The molecule has 0 spiro atoms. The Kier molecular flexibility index (Phi) is 5.44. The second-order valence-electron chi connectivity index (χ2n) is 4.92. The third-order valence-corrected chi connectivity index (χ3v) is 3.25. The summed E-state index contributed by atoms with van der Waals surface area (Å²) in [4.78, 5) is 0. The van der Waals surface area contributed by atoms with Gasteiger partial charge in [-0.2, -0.15) is 13.2 Å². The average molecular weight is 310 g/mol. The van der Waals surface area contributed by atoms with Crippen LogP contribution in [-0.4, -0.2) is 11.7 Å². The van der Waals surface area contributed by atoms with E-state index in [1.165, 1.54) is 12.1 Å². The molecule has 0 amide bonds. The Morgan fingerprint density at radius 2 is 1.64 bits per heavy atom. The number of para-hydroxylation sites is 1. The lowest BCUT2D eigenvalue weighted by molar-refractivity contribution is -0.137. The summed E-state index contributed by atoms with van der Waals surface area (Å²) < 4.78 is 43.2. The van der Waals surface area contributed by atoms with Crippen LogP contribution in [0.5, 0.6) is 5.75 Å². The fourth-order valence-corrected chi connectivity index (χ4v) is 2.07. The molecule has 0 aliphatic heterocycles. The van der Waals surface area contributed by atoms with Gasteiger partial charge >= 0.3 is 6.18 Å². The molecule has 0 fully saturated rings. The molecule has 2 nitrogen and oxygen atoms in total. The summed E-state index contributed by atoms with van der Waals surface area (Å²) in [5.41, 5.74) is 0.980. The minimum Gasteiger partial charge on any atom is -0.489 e. The van der Waals surface area contributed by atoms with Crippen LogP contribution >= 0.6 is 0 Å². The first kappa shape index (κ1) is 16.4. The first-order valence-corrected chi connectivity index (χ1v) is 6.98. The van der Waals surface area contributed by atoms with Crippen molar-refractivity contribution < 1.29 is 23.0 Å². The Labute approximate surface area is 127 Å². The number of ether oxygens (including phenoxy) is 1. The number of halogens is 3. The molecule has 0 aromatic heterocycles. The molecular formula is C17H17F3O2. The number of benzene rings is 2. The largest absolute Gasteiger partial charge is 0.489 e. The zero-order valence-electron chi connectivity index (χ0n) is 11.9. The average Bonchev–Trinajstić information content (AvgIpc) is 2.51. The number of hydrogen-bond acceptors (Lipinski definition) is 2. The maximum Gasteiger partial charge on any atom is 0.416 e. The molecule has 0 saturated carbocycles. The van der Waals surface area contributed by atoms with Gasteiger partial charge in [0.05, 0.1) is 5.56 Å². The Hall–Kier alpha value is -2.01. The smallest absolute Gasteiger partial charge is 0.416 e. The van der Waals surface area contributed by atoms with Crippen LogP contribution in [-0.2, 0) is 19.2 Å². The molecule has 0 unspecified atom stereocenters. The number of alkyl halides is 3. The summed E-state index contributed by atoms with van der Waals surface area (Å²) in [7, 11) is 0. The van der Waals surface area contributed by atoms with E-state index in [0.29, 0.717) is 24.2 Å². The van der Waals surface area contributed by atoms with Gasteiger partial charge in [-0.1, -0.05) is 30.3 Å². The topological polar surface area (TPSA) is 29.5 Å². The Morgan fingerprint density at radius 1 is 0.955 bits per heavy atom. The van der Waals surface area contributed by atoms with Gasteiger partial charge in [0.2, 0.25) is 0 Å². The van der Waals surface area contributed by atoms with Crippen LogP contribution in [0.15, 0.2) is 48.5 Å². The number of aliphatic hydroxyl groups is 1. The minimum absolute atomic E-state index is 0.104. The highest BCUT2D eigenvalue weighted by Crippen LogP contribution is 2.29. The van der Waals surface area contributed by atoms with Gasteiger partial charge in [-0.3, -0.25) is 0 Å². The predicted octanol–water partition coefficient (Wildman–Crippen LogP) is 4.21. The zero-order chi connectivity index (χ0) is 16.0. The number of rotatable bonds is 6. The van der Waals surface area contributed by atoms with E-state index in [0.717, 1.165) is 17.7 Å². The van der Waals surface area contributed by atoms with Crippen molar-refractivity contribution in [2.75, 3.05) is 6.61 Å². The second kappa shape index (κ2) is 7.31. The highest BCUT2D eigenvalue weighted by molar-refractivity contribution is 5.34. The van der Waals surface area contributed by atoms with Gasteiger partial charge in [0, 0.05) is 6.61 Å². The fraction of sp³-hybridized carbons (Fsp3) is 0.294. The first-order chi connectivity index (χ1) is 10.5. The van der Waals surface area contributed by atoms with Crippen molar-refractivity contribution in [1.82, 2.24) is 0 Å². The van der Waals surface area contributed by atoms with Crippen molar-refractivity contribution in [3.63, 3.8) is 0 Å². The lowest BCUT2D eigenvalue weighted by atomic mass is 10.1. The monoisotopic (exact) mass is 310 g/mol. The molecular weight excluding hydrogens is 293 g/mol. The number of aryl methyl sites for hydroxylation is 1. The molecule has 2 rings (SSSR count). The minimum atomic E-state index is -4.32. The molecule has 0 bridgehead atoms. The molecule has 22 heavy (non-hydrogen) atoms. The third kappa shape index (κ3) is 4.49. The predicted molar refractivity (Wildman–Crippen MR) is 77.6 cm³/mol. The third-order valence-electron chi connectivity index (χ3n) is 3.25. The van der Waals surface area contributed by atoms with Gasteiger partial charge in [0.15, 0.2) is 0 Å². The van der Waals surface area contributed by atoms with Crippen molar-refractivity contribution in [3.05, 3.63) is 65.2 Å². The molecule has 0 heterocycles. The van der Waals surface area contributed by atoms with E-state index in [-0.39, 0.29) is 13.2 Å². The van der Waals surface area contributed by atoms with E-state index < -0.39 is 11.7 Å². The highest BCUT2D eigenvalue weighted by atomic mass is 19.4. The zero-order valence-corrected chi connectivity index (χ0v) is 11.9. The van der Waals surface area contributed by atoms with Crippen LogP contribution in [0.1, 0.15) is 23.1 Å². The normalized spacial score (nSPS) is 11.5. The van der Waals surface area contributed by atoms with Gasteiger partial charge in [0.1, 0.15) is 12.4 Å². The summed E-state index contributed by atoms with van der Waals surface area (Å²) in [5, 5.41) is 8.89. The Balaban J connectivity index is 2.01. The summed E-state index contributed by atoms with van der Waals surface area (Å²) in [6, 6.07) is 12.4. The van der Waals surface area contributed by atoms with Gasteiger partial charge in [0.25, 0.3) is 0 Å². The quantitative estimate of drug-likeness (QED) is 0.866. The molecule has 5 heteroatoms. The van der Waals surface area contributed by atoms with Crippen LogP contribution in [0, 0.1) is 0 Å². The van der Waals surface area contributed by atoms with Crippen LogP contribution in [0.2, 0.25) is 0 Å². The van der Waals surface area contributed by atoms with Gasteiger partial charge in [-0.15, -0.1) is 0 Å². The Bertz CT molecular complexity index is 592. The van der Waals surface area contributed by atoms with Crippen LogP contribution < -0.4 is 4.74 Å². The first-order valence-electron chi connectivity index (χ1n) is 6.98. The molecule has 2 aromatic rings. The van der Waals surface area contributed by atoms with Crippen LogP contribution in [0.25, 0.3) is 0 Å². The molecule has 0 aliphatic rings. The fourth-order valence-electron chi connectivity index (χ4n) is 2.07. The van der Waals surface area contributed by atoms with Crippen molar-refractivity contribution >= 4 is 0 Å². The lowest BCUT2D eigenvalue weighted by Gasteiger charge is -2.12. The van der Waals surface area contributed by atoms with Crippen molar-refractivity contribution in [3.8, 4) is 5.75 Å². The van der Waals surface area contributed by atoms with Crippen LogP contribution in [0.4, 0.5) is 13.2 Å². The van der Waals surface area contributed by atoms with Crippen molar-refractivity contribution in [2.45, 2.75) is 25.6 Å². The number of hydrogen-bond donors (Lipinski definition) is 1. The second-order valence-corrected chi connectivity index (χ2v) is 4.92. The standard InChI is InChI=1S/C17H17F3O2/c18-17(19,20)15-9-7-13(8-10-15)12-22-16-6-2-1-4-14(16)5-3-11-21/h1-2,4,6-10,21H,3,5,11-12H2. The molecule has 0 saturated heterocycles. The summed E-state index contributed by atoms with van der Waals surface area (Å²) in [5.74, 6) is 0.691. The van der Waals surface area contributed by atoms with E-state index in [4.69, 9.17) is 9.84 Å². The maximum absolute atomic E-state index is 12.5. The van der Waals surface area contributed by atoms with Crippen molar-refractivity contribution in [1.29, 1.82) is 0 Å². The van der Waals surface area contributed by atoms with Gasteiger partial charge in [-0.05, 0) is 42.2 Å². The molecule has 0 aliphatic carbocycles. The summed E-state index contributed by atoms with van der Waals surface area (Å²) in [6.07, 6.45) is -2.99. The summed E-state index contributed by atoms with van der Waals surface area (Å²) >= 11 is 0. The molecule has 0 radical (unpaired) electrons. The van der Waals surface area contributed by atoms with Crippen molar-refractivity contribution in [2.24, 2.45) is 0 Å².